The molecule has 2 aromatic rings. The second-order valence-corrected chi connectivity index (χ2v) is 7.96. The molecule has 140 valence electrons. The number of carbonyl (C=O) groups is 3. The maximum atomic E-state index is 13.0. The van der Waals surface area contributed by atoms with Crippen molar-refractivity contribution in [2.24, 2.45) is 23.7 Å². The van der Waals surface area contributed by atoms with Gasteiger partial charge >= 0.3 is 0 Å². The van der Waals surface area contributed by atoms with Gasteiger partial charge in [-0.25, -0.2) is 4.90 Å². The molecule has 28 heavy (non-hydrogen) atoms. The molecule has 6 heteroatoms. The highest BCUT2D eigenvalue weighted by Gasteiger charge is 2.59. The molecule has 0 spiro atoms. The average Bonchev–Trinajstić information content (AvgIpc) is 3.36. The average molecular weight is 393 g/mol. The molecular weight excluding hydrogens is 376 g/mol. The summed E-state index contributed by atoms with van der Waals surface area (Å²) in [4.78, 5) is 39.8. The molecule has 4 atom stereocenters. The van der Waals surface area contributed by atoms with E-state index >= 15 is 0 Å². The van der Waals surface area contributed by atoms with Gasteiger partial charge in [0.15, 0.2) is 0 Å². The van der Waals surface area contributed by atoms with Crippen LogP contribution in [0.1, 0.15) is 16.8 Å². The van der Waals surface area contributed by atoms with Gasteiger partial charge in [0.05, 0.1) is 17.5 Å². The molecule has 5 rings (SSSR count). The van der Waals surface area contributed by atoms with Crippen molar-refractivity contribution < 1.29 is 14.4 Å². The molecule has 0 radical (unpaired) electrons. The van der Waals surface area contributed by atoms with Crippen LogP contribution in [0, 0.1) is 23.7 Å². The summed E-state index contributed by atoms with van der Waals surface area (Å²) in [7, 11) is 0. The zero-order valence-corrected chi connectivity index (χ0v) is 15.6. The lowest BCUT2D eigenvalue weighted by atomic mass is 9.85. The lowest BCUT2D eigenvalue weighted by Crippen LogP contribution is -2.33. The van der Waals surface area contributed by atoms with E-state index in [9.17, 15) is 14.4 Å². The number of hydrogen-bond acceptors (Lipinski definition) is 3. The largest absolute Gasteiger partial charge is 0.322 e. The van der Waals surface area contributed by atoms with Crippen LogP contribution in [0.5, 0.6) is 0 Å². The van der Waals surface area contributed by atoms with Gasteiger partial charge in [0, 0.05) is 16.3 Å². The molecule has 2 bridgehead atoms. The number of carbonyl (C=O) groups excluding carboxylic acids is 3. The number of amides is 3. The lowest BCUT2D eigenvalue weighted by molar-refractivity contribution is -0.123. The first-order chi connectivity index (χ1) is 13.5. The molecule has 1 saturated carbocycles. The van der Waals surface area contributed by atoms with E-state index in [1.807, 2.05) is 0 Å². The van der Waals surface area contributed by atoms with E-state index in [0.717, 1.165) is 6.42 Å². The molecule has 3 amide bonds. The van der Waals surface area contributed by atoms with Gasteiger partial charge in [-0.15, -0.1) is 0 Å². The molecule has 0 unspecified atom stereocenters. The number of benzene rings is 2. The van der Waals surface area contributed by atoms with E-state index in [0.29, 0.717) is 22.0 Å². The van der Waals surface area contributed by atoms with Crippen molar-refractivity contribution >= 4 is 40.7 Å². The van der Waals surface area contributed by atoms with E-state index in [2.05, 4.69) is 17.5 Å². The Morgan fingerprint density at radius 2 is 1.64 bits per heavy atom. The third kappa shape index (κ3) is 2.58. The Balaban J connectivity index is 1.41. The minimum Gasteiger partial charge on any atom is -0.322 e. The molecule has 2 aromatic carbocycles. The first-order valence-electron chi connectivity index (χ1n) is 9.26. The summed E-state index contributed by atoms with van der Waals surface area (Å²) >= 11 is 5.95. The van der Waals surface area contributed by atoms with Crippen LogP contribution in [0.15, 0.2) is 60.7 Å². The maximum Gasteiger partial charge on any atom is 0.255 e. The lowest BCUT2D eigenvalue weighted by Gasteiger charge is -2.18. The summed E-state index contributed by atoms with van der Waals surface area (Å²) in [5, 5.41) is 3.30. The van der Waals surface area contributed by atoms with E-state index < -0.39 is 0 Å². The Hall–Kier alpha value is -2.92. The second-order valence-electron chi connectivity index (χ2n) is 7.53. The fraction of sp³-hybridized carbons (Fsp3) is 0.227. The van der Waals surface area contributed by atoms with Crippen LogP contribution in [0.25, 0.3) is 0 Å². The topological polar surface area (TPSA) is 66.5 Å². The van der Waals surface area contributed by atoms with Gasteiger partial charge in [-0.3, -0.25) is 14.4 Å². The molecule has 0 aromatic heterocycles. The van der Waals surface area contributed by atoms with Crippen molar-refractivity contribution in [2.75, 3.05) is 10.2 Å². The van der Waals surface area contributed by atoms with Gasteiger partial charge in [-0.1, -0.05) is 35.9 Å². The van der Waals surface area contributed by atoms with Crippen molar-refractivity contribution in [3.05, 3.63) is 71.3 Å². The number of nitrogens with zero attached hydrogens (tertiary/aromatic N) is 1. The molecule has 2 aliphatic carbocycles. The molecule has 1 N–H and O–H groups in total. The summed E-state index contributed by atoms with van der Waals surface area (Å²) in [6.07, 6.45) is 5.02. The highest BCUT2D eigenvalue weighted by Crippen LogP contribution is 2.53. The first kappa shape index (κ1) is 17.2. The third-order valence-corrected chi connectivity index (χ3v) is 6.15. The number of halogens is 1. The number of anilines is 2. The van der Waals surface area contributed by atoms with Crippen LogP contribution in [0.4, 0.5) is 11.4 Å². The molecular formula is C22H17ClN2O3. The second kappa shape index (κ2) is 6.31. The van der Waals surface area contributed by atoms with Crippen molar-refractivity contribution in [1.29, 1.82) is 0 Å². The Bertz CT molecular complexity index is 1020. The Labute approximate surface area is 167 Å². The predicted octanol–water partition coefficient (Wildman–Crippen LogP) is 3.90. The Kier molecular flexibility index (Phi) is 3.88. The maximum absolute atomic E-state index is 13.0. The van der Waals surface area contributed by atoms with Gasteiger partial charge in [0.2, 0.25) is 11.8 Å². The highest BCUT2D eigenvalue weighted by molar-refractivity contribution is 6.31. The quantitative estimate of drug-likeness (QED) is 0.636. The molecule has 1 saturated heterocycles. The fourth-order valence-corrected chi connectivity index (χ4v) is 4.90. The highest BCUT2D eigenvalue weighted by atomic mass is 35.5. The van der Waals surface area contributed by atoms with Gasteiger partial charge in [0.1, 0.15) is 0 Å². The summed E-state index contributed by atoms with van der Waals surface area (Å²) < 4.78 is 0. The van der Waals surface area contributed by atoms with Crippen LogP contribution in [0.2, 0.25) is 5.02 Å². The zero-order chi connectivity index (χ0) is 19.4. The predicted molar refractivity (Wildman–Crippen MR) is 106 cm³/mol. The standard InChI is InChI=1S/C22H17ClN2O3/c23-15-4-2-5-16(11-15)24-20(26)14-3-1-6-17(10-14)25-21(27)18-12-7-8-13(9-12)19(18)22(25)28/h1-8,10-13,18-19H,9H2,(H,24,26)/t12-,13-,18+,19+/m0/s1. The SMILES string of the molecule is O=C(Nc1cccc(Cl)c1)c1cccc(N2C(=O)[C@H]3[C@H](C2=O)[C@H]2C=C[C@H]3C2)c1. The first-order valence-corrected chi connectivity index (χ1v) is 9.64. The number of hydrogen-bond donors (Lipinski definition) is 1. The van der Waals surface area contributed by atoms with Crippen molar-refractivity contribution in [3.63, 3.8) is 0 Å². The number of imide groups is 1. The molecule has 2 fully saturated rings. The van der Waals surface area contributed by atoms with Gasteiger partial charge < -0.3 is 5.32 Å². The Morgan fingerprint density at radius 3 is 2.32 bits per heavy atom. The monoisotopic (exact) mass is 392 g/mol. The van der Waals surface area contributed by atoms with Crippen molar-refractivity contribution in [2.45, 2.75) is 6.42 Å². The summed E-state index contributed by atoms with van der Waals surface area (Å²) in [6, 6.07) is 13.5. The van der Waals surface area contributed by atoms with Crippen LogP contribution in [0.3, 0.4) is 0 Å². The van der Waals surface area contributed by atoms with Gasteiger partial charge in [-0.05, 0) is 54.7 Å². The van der Waals surface area contributed by atoms with E-state index in [1.165, 1.54) is 4.90 Å². The molecule has 1 aliphatic heterocycles. The van der Waals surface area contributed by atoms with Gasteiger partial charge in [-0.2, -0.15) is 0 Å². The Morgan fingerprint density at radius 1 is 0.964 bits per heavy atom. The number of rotatable bonds is 3. The van der Waals surface area contributed by atoms with Crippen LogP contribution >= 0.6 is 11.6 Å². The van der Waals surface area contributed by atoms with E-state index in [4.69, 9.17) is 11.6 Å². The minimum atomic E-state index is -0.329. The van der Waals surface area contributed by atoms with Crippen molar-refractivity contribution in [3.8, 4) is 0 Å². The molecule has 3 aliphatic rings. The van der Waals surface area contributed by atoms with E-state index in [-0.39, 0.29) is 41.4 Å². The summed E-state index contributed by atoms with van der Waals surface area (Å²) in [5.74, 6) is -0.835. The van der Waals surface area contributed by atoms with E-state index in [1.54, 1.807) is 48.5 Å². The number of nitrogens with one attached hydrogen (secondary N) is 1. The third-order valence-electron chi connectivity index (χ3n) is 5.92. The van der Waals surface area contributed by atoms with Crippen LogP contribution in [-0.2, 0) is 9.59 Å². The smallest absolute Gasteiger partial charge is 0.255 e. The van der Waals surface area contributed by atoms with Crippen molar-refractivity contribution in [1.82, 2.24) is 0 Å². The zero-order valence-electron chi connectivity index (χ0n) is 14.8. The van der Waals surface area contributed by atoms with Crippen LogP contribution in [-0.4, -0.2) is 17.7 Å². The number of fused-ring (bicyclic) bond motifs is 5. The van der Waals surface area contributed by atoms with Gasteiger partial charge in [0.25, 0.3) is 5.91 Å². The molecule has 1 heterocycles. The minimum absolute atomic E-state index is 0.153. The molecule has 5 nitrogen and oxygen atoms in total. The summed E-state index contributed by atoms with van der Waals surface area (Å²) in [5.41, 5.74) is 1.40. The normalized spacial score (nSPS) is 27.4. The summed E-state index contributed by atoms with van der Waals surface area (Å²) in [6.45, 7) is 0. The number of allylic oxidation sites excluding steroid dienone is 2. The fourth-order valence-electron chi connectivity index (χ4n) is 4.71. The van der Waals surface area contributed by atoms with Crippen LogP contribution < -0.4 is 10.2 Å².